The lowest BCUT2D eigenvalue weighted by atomic mass is 9.84. The van der Waals surface area contributed by atoms with E-state index in [2.05, 4.69) is 9.35 Å². The summed E-state index contributed by atoms with van der Waals surface area (Å²) in [5.74, 6) is 0. The summed E-state index contributed by atoms with van der Waals surface area (Å²) in [4.78, 5) is 6.08. The fourth-order valence-electron chi connectivity index (χ4n) is 3.16. The van der Waals surface area contributed by atoms with Gasteiger partial charge in [-0.3, -0.25) is 0 Å². The molecule has 3 rings (SSSR count). The Labute approximate surface area is 107 Å². The average molecular weight is 270 g/mol. The van der Waals surface area contributed by atoms with Crippen LogP contribution in [0.5, 0.6) is 0 Å². The molecule has 2 aliphatic rings. The minimum atomic E-state index is -2.08. The standard InChI is InChI=1S/C12H18N2OS2/c1-17(2,15)14-11-13-10-9(16-11)5-8-12(10)6-3-4-7-12/h3-8H2,1-2H3. The maximum absolute atomic E-state index is 11.7. The molecule has 0 amide bonds. The number of nitrogens with zero attached hydrogens (tertiary/aromatic N) is 2. The van der Waals surface area contributed by atoms with E-state index >= 15 is 0 Å². The molecule has 5 heteroatoms. The third-order valence-electron chi connectivity index (χ3n) is 3.88. The van der Waals surface area contributed by atoms with Crippen molar-refractivity contribution in [2.75, 3.05) is 12.5 Å². The van der Waals surface area contributed by atoms with E-state index < -0.39 is 9.73 Å². The molecule has 94 valence electrons. The van der Waals surface area contributed by atoms with Crippen LogP contribution in [0.15, 0.2) is 4.36 Å². The van der Waals surface area contributed by atoms with Crippen LogP contribution in [0.3, 0.4) is 0 Å². The van der Waals surface area contributed by atoms with Gasteiger partial charge in [-0.05, 0) is 25.7 Å². The lowest BCUT2D eigenvalue weighted by molar-refractivity contribution is 0.429. The molecule has 17 heavy (non-hydrogen) atoms. The normalized spacial score (nSPS) is 22.0. The minimum absolute atomic E-state index is 0.363. The predicted molar refractivity (Wildman–Crippen MR) is 72.7 cm³/mol. The van der Waals surface area contributed by atoms with Crippen LogP contribution in [0.25, 0.3) is 0 Å². The zero-order valence-corrected chi connectivity index (χ0v) is 12.0. The molecule has 0 aromatic carbocycles. The van der Waals surface area contributed by atoms with Crippen LogP contribution in [0.1, 0.15) is 42.7 Å². The molecular formula is C12H18N2OS2. The SMILES string of the molecule is CS(C)(=O)=Nc1nc2c(s1)CCC21CCCC1. The molecule has 3 nitrogen and oxygen atoms in total. The Balaban J connectivity index is 2.03. The van der Waals surface area contributed by atoms with Crippen molar-refractivity contribution in [1.82, 2.24) is 4.98 Å². The highest BCUT2D eigenvalue weighted by molar-refractivity contribution is 7.92. The monoisotopic (exact) mass is 270 g/mol. The minimum Gasteiger partial charge on any atom is -0.250 e. The first kappa shape index (κ1) is 11.7. The van der Waals surface area contributed by atoms with Gasteiger partial charge in [-0.15, -0.1) is 0 Å². The molecule has 2 aliphatic carbocycles. The summed E-state index contributed by atoms with van der Waals surface area (Å²) in [5, 5.41) is 0.732. The first-order valence-corrected chi connectivity index (χ1v) is 9.31. The van der Waals surface area contributed by atoms with Crippen LogP contribution in [0.2, 0.25) is 0 Å². The summed E-state index contributed by atoms with van der Waals surface area (Å²) in [6.45, 7) is 0. The molecule has 0 bridgehead atoms. The molecule has 0 atom stereocenters. The molecule has 0 radical (unpaired) electrons. The summed E-state index contributed by atoms with van der Waals surface area (Å²) in [5.41, 5.74) is 1.66. The van der Waals surface area contributed by atoms with Crippen LogP contribution in [0, 0.1) is 0 Å². The zero-order valence-electron chi connectivity index (χ0n) is 10.4. The van der Waals surface area contributed by atoms with E-state index in [-0.39, 0.29) is 0 Å². The molecule has 1 saturated carbocycles. The summed E-state index contributed by atoms with van der Waals surface area (Å²) < 4.78 is 15.9. The smallest absolute Gasteiger partial charge is 0.218 e. The Kier molecular flexibility index (Phi) is 2.60. The third-order valence-corrected chi connectivity index (χ3v) is 5.61. The Morgan fingerprint density at radius 3 is 2.65 bits per heavy atom. The van der Waals surface area contributed by atoms with Crippen LogP contribution in [-0.4, -0.2) is 21.7 Å². The summed E-state index contributed by atoms with van der Waals surface area (Å²) in [6.07, 6.45) is 11.0. The van der Waals surface area contributed by atoms with Gasteiger partial charge >= 0.3 is 0 Å². The Morgan fingerprint density at radius 2 is 2.00 bits per heavy atom. The third kappa shape index (κ3) is 2.03. The van der Waals surface area contributed by atoms with Gasteiger partial charge in [0.05, 0.1) is 5.69 Å². The van der Waals surface area contributed by atoms with Crippen molar-refractivity contribution in [3.63, 3.8) is 0 Å². The molecule has 1 heterocycles. The Hall–Kier alpha value is -0.420. The highest BCUT2D eigenvalue weighted by Crippen LogP contribution is 2.52. The quantitative estimate of drug-likeness (QED) is 0.786. The van der Waals surface area contributed by atoms with Crippen molar-refractivity contribution in [2.45, 2.75) is 43.9 Å². The van der Waals surface area contributed by atoms with Gasteiger partial charge in [0.15, 0.2) is 0 Å². The number of rotatable bonds is 1. The van der Waals surface area contributed by atoms with Crippen LogP contribution in [-0.2, 0) is 21.6 Å². The van der Waals surface area contributed by atoms with Gasteiger partial charge in [-0.2, -0.15) is 4.36 Å². The van der Waals surface area contributed by atoms with E-state index in [4.69, 9.17) is 0 Å². The van der Waals surface area contributed by atoms with Gasteiger partial charge in [-0.1, -0.05) is 24.2 Å². The first-order valence-electron chi connectivity index (χ1n) is 6.16. The number of thiazole rings is 1. The fraction of sp³-hybridized carbons (Fsp3) is 0.750. The second-order valence-electron chi connectivity index (χ2n) is 5.53. The van der Waals surface area contributed by atoms with Gasteiger partial charge < -0.3 is 0 Å². The summed E-state index contributed by atoms with van der Waals surface area (Å²) in [7, 11) is -2.08. The molecule has 0 unspecified atom stereocenters. The van der Waals surface area contributed by atoms with E-state index in [0.717, 1.165) is 11.6 Å². The van der Waals surface area contributed by atoms with E-state index in [1.807, 2.05) is 0 Å². The fourth-order valence-corrected chi connectivity index (χ4v) is 5.18. The number of hydrogen-bond acceptors (Lipinski definition) is 4. The Bertz CT molecular complexity index is 553. The first-order chi connectivity index (χ1) is 7.99. The number of fused-ring (bicyclic) bond motifs is 2. The predicted octanol–water partition coefficient (Wildman–Crippen LogP) is 3.26. The lowest BCUT2D eigenvalue weighted by Crippen LogP contribution is -2.18. The maximum Gasteiger partial charge on any atom is 0.218 e. The summed E-state index contributed by atoms with van der Waals surface area (Å²) in [6, 6.07) is 0. The zero-order chi connectivity index (χ0) is 12.1. The molecule has 1 aromatic heterocycles. The van der Waals surface area contributed by atoms with Crippen molar-refractivity contribution >= 4 is 26.2 Å². The highest BCUT2D eigenvalue weighted by Gasteiger charge is 2.43. The van der Waals surface area contributed by atoms with Gasteiger partial charge in [0.25, 0.3) is 0 Å². The molecular weight excluding hydrogens is 252 g/mol. The second kappa shape index (κ2) is 3.79. The van der Waals surface area contributed by atoms with Gasteiger partial charge in [0, 0.05) is 32.5 Å². The van der Waals surface area contributed by atoms with Crippen molar-refractivity contribution < 1.29 is 4.21 Å². The number of aryl methyl sites for hydroxylation is 1. The van der Waals surface area contributed by atoms with Crippen molar-refractivity contribution in [3.05, 3.63) is 10.6 Å². The molecule has 1 aromatic rings. The second-order valence-corrected chi connectivity index (χ2v) is 9.14. The van der Waals surface area contributed by atoms with Crippen LogP contribution < -0.4 is 0 Å². The van der Waals surface area contributed by atoms with Crippen LogP contribution in [0.4, 0.5) is 5.13 Å². The summed E-state index contributed by atoms with van der Waals surface area (Å²) >= 11 is 1.65. The molecule has 0 aliphatic heterocycles. The lowest BCUT2D eigenvalue weighted by Gasteiger charge is -2.21. The van der Waals surface area contributed by atoms with E-state index in [1.165, 1.54) is 42.7 Å². The molecule has 0 N–H and O–H groups in total. The average Bonchev–Trinajstić information content (AvgIpc) is 2.84. The largest absolute Gasteiger partial charge is 0.250 e. The van der Waals surface area contributed by atoms with E-state index in [1.54, 1.807) is 23.8 Å². The molecule has 0 saturated heterocycles. The Morgan fingerprint density at radius 1 is 1.29 bits per heavy atom. The number of hydrogen-bond donors (Lipinski definition) is 0. The van der Waals surface area contributed by atoms with E-state index in [0.29, 0.717) is 5.41 Å². The van der Waals surface area contributed by atoms with Gasteiger partial charge in [-0.25, -0.2) is 9.19 Å². The van der Waals surface area contributed by atoms with Crippen molar-refractivity contribution in [2.24, 2.45) is 4.36 Å². The number of aromatic nitrogens is 1. The molecule has 1 spiro atoms. The van der Waals surface area contributed by atoms with Crippen LogP contribution >= 0.6 is 11.3 Å². The van der Waals surface area contributed by atoms with Crippen molar-refractivity contribution in [3.8, 4) is 0 Å². The van der Waals surface area contributed by atoms with Crippen molar-refractivity contribution in [1.29, 1.82) is 0 Å². The maximum atomic E-state index is 11.7. The topological polar surface area (TPSA) is 42.3 Å². The van der Waals surface area contributed by atoms with Gasteiger partial charge in [0.2, 0.25) is 5.13 Å². The highest BCUT2D eigenvalue weighted by atomic mass is 32.2. The molecule has 1 fully saturated rings. The van der Waals surface area contributed by atoms with E-state index in [9.17, 15) is 4.21 Å². The van der Waals surface area contributed by atoms with Gasteiger partial charge in [0.1, 0.15) is 0 Å².